The van der Waals surface area contributed by atoms with Crippen LogP contribution in [0, 0.1) is 20.8 Å². The maximum Gasteiger partial charge on any atom is 0.267 e. The third-order valence-corrected chi connectivity index (χ3v) is 6.29. The Kier molecular flexibility index (Phi) is 7.31. The molecule has 0 saturated carbocycles. The van der Waals surface area contributed by atoms with E-state index in [2.05, 4.69) is 69.0 Å². The van der Waals surface area contributed by atoms with Crippen molar-refractivity contribution in [3.8, 4) is 11.1 Å². The Balaban J connectivity index is 1.87. The third-order valence-electron chi connectivity index (χ3n) is 6.29. The second kappa shape index (κ2) is 9.77. The lowest BCUT2D eigenvalue weighted by Crippen LogP contribution is -2.48. The quantitative estimate of drug-likeness (QED) is 0.770. The number of aromatic nitrogens is 2. The van der Waals surface area contributed by atoms with E-state index in [1.165, 1.54) is 10.2 Å². The summed E-state index contributed by atoms with van der Waals surface area (Å²) in [5.74, 6) is -0.0239. The van der Waals surface area contributed by atoms with E-state index in [9.17, 15) is 9.59 Å². The number of hydrogen-bond donors (Lipinski definition) is 1. The van der Waals surface area contributed by atoms with E-state index >= 15 is 0 Å². The number of carbonyl (C=O) groups excluding carboxylic acids is 1. The van der Waals surface area contributed by atoms with Crippen LogP contribution in [0.2, 0.25) is 0 Å². The number of nitrogens with one attached hydrogen (secondary N) is 1. The summed E-state index contributed by atoms with van der Waals surface area (Å²) in [6.07, 6.45) is 2.06. The Bertz CT molecular complexity index is 1010. The molecule has 1 fully saturated rings. The van der Waals surface area contributed by atoms with Gasteiger partial charge < -0.3 is 10.2 Å². The summed E-state index contributed by atoms with van der Waals surface area (Å²) in [6, 6.07) is 6.05. The molecule has 0 bridgehead atoms. The van der Waals surface area contributed by atoms with Gasteiger partial charge in [-0.2, -0.15) is 5.10 Å². The van der Waals surface area contributed by atoms with Crippen LogP contribution in [0.3, 0.4) is 0 Å². The lowest BCUT2D eigenvalue weighted by Gasteiger charge is -2.32. The van der Waals surface area contributed by atoms with Crippen molar-refractivity contribution < 1.29 is 4.79 Å². The molecule has 0 radical (unpaired) electrons. The average Bonchev–Trinajstić information content (AvgIpc) is 2.71. The van der Waals surface area contributed by atoms with Crippen molar-refractivity contribution in [1.82, 2.24) is 20.0 Å². The fraction of sp³-hybridized carbons (Fsp3) is 0.560. The Morgan fingerprint density at radius 1 is 1.19 bits per heavy atom. The van der Waals surface area contributed by atoms with Gasteiger partial charge in [-0.25, -0.2) is 4.68 Å². The molecule has 0 aliphatic carbocycles. The number of likely N-dealkylation sites (N-methyl/N-ethyl adjacent to an activating group) is 1. The molecule has 1 saturated heterocycles. The standard InChI is InChI=1S/C25H36N4O2/c1-7-28-10-8-9-20(14-28)26-23(30)15-29-24(31)13-22(25(27-29)16(2)3)21-12-17(4)11-18(5)19(21)6/h11-13,16,20H,7-10,14-15H2,1-6H3,(H,26,30). The molecule has 2 aromatic rings. The van der Waals surface area contributed by atoms with Gasteiger partial charge in [0.1, 0.15) is 6.54 Å². The molecule has 1 aromatic carbocycles. The molecule has 1 amide bonds. The SMILES string of the molecule is CCN1CCCC(NC(=O)Cn2nc(C(C)C)c(-c3cc(C)cc(C)c3C)cc2=O)C1. The van der Waals surface area contributed by atoms with Gasteiger partial charge in [0.05, 0.1) is 5.69 Å². The predicted molar refractivity (Wildman–Crippen MR) is 126 cm³/mol. The van der Waals surface area contributed by atoms with Crippen LogP contribution in [-0.2, 0) is 11.3 Å². The maximum absolute atomic E-state index is 12.9. The van der Waals surface area contributed by atoms with Crippen molar-refractivity contribution in [2.75, 3.05) is 19.6 Å². The first-order valence-electron chi connectivity index (χ1n) is 11.4. The zero-order valence-electron chi connectivity index (χ0n) is 19.8. The number of rotatable bonds is 6. The van der Waals surface area contributed by atoms with Crippen LogP contribution in [0.15, 0.2) is 23.0 Å². The number of nitrogens with zero attached hydrogens (tertiary/aromatic N) is 3. The van der Waals surface area contributed by atoms with Crippen molar-refractivity contribution in [3.05, 3.63) is 50.9 Å². The minimum Gasteiger partial charge on any atom is -0.350 e. The molecule has 2 heterocycles. The van der Waals surface area contributed by atoms with Crippen molar-refractivity contribution in [3.63, 3.8) is 0 Å². The van der Waals surface area contributed by atoms with Crippen LogP contribution < -0.4 is 10.9 Å². The molecule has 31 heavy (non-hydrogen) atoms. The van der Waals surface area contributed by atoms with Crippen LogP contribution in [0.25, 0.3) is 11.1 Å². The van der Waals surface area contributed by atoms with Gasteiger partial charge in [0, 0.05) is 24.2 Å². The average molecular weight is 425 g/mol. The van der Waals surface area contributed by atoms with Gasteiger partial charge in [0.25, 0.3) is 5.56 Å². The summed E-state index contributed by atoms with van der Waals surface area (Å²) in [4.78, 5) is 27.9. The van der Waals surface area contributed by atoms with Crippen molar-refractivity contribution in [1.29, 1.82) is 0 Å². The molecular weight excluding hydrogens is 388 g/mol. The van der Waals surface area contributed by atoms with Crippen LogP contribution in [-0.4, -0.2) is 46.3 Å². The Hall–Kier alpha value is -2.47. The Morgan fingerprint density at radius 2 is 1.94 bits per heavy atom. The largest absolute Gasteiger partial charge is 0.350 e. The molecule has 1 unspecified atom stereocenters. The minimum absolute atomic E-state index is 0.0483. The monoisotopic (exact) mass is 424 g/mol. The second-order valence-corrected chi connectivity index (χ2v) is 9.15. The zero-order valence-corrected chi connectivity index (χ0v) is 19.8. The topological polar surface area (TPSA) is 67.2 Å². The van der Waals surface area contributed by atoms with E-state index in [-0.39, 0.29) is 30.0 Å². The summed E-state index contributed by atoms with van der Waals surface area (Å²) in [7, 11) is 0. The number of amides is 1. The summed E-state index contributed by atoms with van der Waals surface area (Å²) in [5, 5.41) is 7.74. The first kappa shape index (κ1) is 23.2. The van der Waals surface area contributed by atoms with E-state index in [0.717, 1.165) is 60.4 Å². The van der Waals surface area contributed by atoms with Crippen LogP contribution in [0.4, 0.5) is 0 Å². The normalized spacial score (nSPS) is 17.2. The molecular formula is C25H36N4O2. The van der Waals surface area contributed by atoms with Gasteiger partial charge in [-0.05, 0) is 69.3 Å². The smallest absolute Gasteiger partial charge is 0.267 e. The number of benzene rings is 1. The molecule has 1 N–H and O–H groups in total. The summed E-state index contributed by atoms with van der Waals surface area (Å²) < 4.78 is 1.31. The van der Waals surface area contributed by atoms with Gasteiger partial charge >= 0.3 is 0 Å². The highest BCUT2D eigenvalue weighted by molar-refractivity contribution is 5.76. The number of piperidine rings is 1. The lowest BCUT2D eigenvalue weighted by atomic mass is 9.91. The first-order valence-corrected chi connectivity index (χ1v) is 11.4. The lowest BCUT2D eigenvalue weighted by molar-refractivity contribution is -0.123. The molecule has 3 rings (SSSR count). The van der Waals surface area contributed by atoms with Gasteiger partial charge in [-0.15, -0.1) is 0 Å². The van der Waals surface area contributed by atoms with E-state index in [4.69, 9.17) is 0 Å². The molecule has 1 aromatic heterocycles. The van der Waals surface area contributed by atoms with E-state index in [1.54, 1.807) is 6.07 Å². The Labute approximate surface area is 185 Å². The zero-order chi connectivity index (χ0) is 22.7. The van der Waals surface area contributed by atoms with Crippen molar-refractivity contribution in [2.24, 2.45) is 0 Å². The molecule has 168 valence electrons. The summed E-state index contributed by atoms with van der Waals surface area (Å²) in [6.45, 7) is 15.4. The first-order chi connectivity index (χ1) is 14.7. The molecule has 6 nitrogen and oxygen atoms in total. The fourth-order valence-electron chi connectivity index (χ4n) is 4.45. The van der Waals surface area contributed by atoms with E-state index < -0.39 is 0 Å². The number of hydrogen-bond acceptors (Lipinski definition) is 4. The van der Waals surface area contributed by atoms with E-state index in [0.29, 0.717) is 0 Å². The van der Waals surface area contributed by atoms with Crippen molar-refractivity contribution >= 4 is 5.91 Å². The summed E-state index contributed by atoms with van der Waals surface area (Å²) in [5.41, 5.74) is 6.02. The van der Waals surface area contributed by atoms with Gasteiger partial charge in [-0.1, -0.05) is 38.5 Å². The van der Waals surface area contributed by atoms with E-state index in [1.807, 2.05) is 0 Å². The number of aryl methyl sites for hydroxylation is 2. The van der Waals surface area contributed by atoms with Crippen LogP contribution in [0.1, 0.15) is 61.9 Å². The van der Waals surface area contributed by atoms with Crippen LogP contribution >= 0.6 is 0 Å². The van der Waals surface area contributed by atoms with Crippen LogP contribution in [0.5, 0.6) is 0 Å². The molecule has 0 spiro atoms. The number of likely N-dealkylation sites (tertiary alicyclic amines) is 1. The van der Waals surface area contributed by atoms with Gasteiger partial charge in [0.15, 0.2) is 0 Å². The third kappa shape index (κ3) is 5.42. The molecule has 1 aliphatic heterocycles. The molecule has 1 atom stereocenters. The highest BCUT2D eigenvalue weighted by Gasteiger charge is 2.22. The van der Waals surface area contributed by atoms with Gasteiger partial charge in [-0.3, -0.25) is 9.59 Å². The molecule has 6 heteroatoms. The van der Waals surface area contributed by atoms with Crippen molar-refractivity contribution in [2.45, 2.75) is 72.9 Å². The predicted octanol–water partition coefficient (Wildman–Crippen LogP) is 3.56. The highest BCUT2D eigenvalue weighted by Crippen LogP contribution is 2.31. The maximum atomic E-state index is 12.9. The summed E-state index contributed by atoms with van der Waals surface area (Å²) >= 11 is 0. The fourth-order valence-corrected chi connectivity index (χ4v) is 4.45. The minimum atomic E-state index is -0.244. The second-order valence-electron chi connectivity index (χ2n) is 9.15. The Morgan fingerprint density at radius 3 is 2.61 bits per heavy atom. The van der Waals surface area contributed by atoms with Gasteiger partial charge in [0.2, 0.25) is 5.91 Å². The molecule has 1 aliphatic rings. The highest BCUT2D eigenvalue weighted by atomic mass is 16.2. The number of carbonyl (C=O) groups is 1.